The zero-order valence-electron chi connectivity index (χ0n) is 7.93. The number of hydrazine groups is 1. The fourth-order valence-corrected chi connectivity index (χ4v) is 1.59. The van der Waals surface area contributed by atoms with Crippen molar-refractivity contribution in [3.8, 4) is 0 Å². The molecule has 0 saturated carbocycles. The molecule has 0 atom stereocenters. The van der Waals surface area contributed by atoms with Gasteiger partial charge in [0.05, 0.1) is 17.6 Å². The van der Waals surface area contributed by atoms with Crippen molar-refractivity contribution < 1.29 is 17.9 Å². The normalized spacial score (nSPS) is 11.1. The molecule has 3 N–H and O–H groups in total. The molecule has 0 fully saturated rings. The third kappa shape index (κ3) is 2.52. The molecule has 0 aliphatic rings. The average molecular weight is 230 g/mol. The van der Waals surface area contributed by atoms with E-state index in [1.807, 2.05) is 0 Å². The van der Waals surface area contributed by atoms with Gasteiger partial charge in [-0.3, -0.25) is 5.84 Å². The van der Waals surface area contributed by atoms with E-state index in [1.54, 1.807) is 4.83 Å². The number of ether oxygens (including phenoxy) is 1. The molecule has 0 aliphatic carbocycles. The van der Waals surface area contributed by atoms with Crippen LogP contribution in [0.3, 0.4) is 0 Å². The van der Waals surface area contributed by atoms with Gasteiger partial charge in [0, 0.05) is 0 Å². The Kier molecular flexibility index (Phi) is 3.40. The van der Waals surface area contributed by atoms with Crippen molar-refractivity contribution >= 4 is 16.0 Å². The van der Waals surface area contributed by atoms with E-state index < -0.39 is 16.0 Å². The number of benzene rings is 1. The zero-order chi connectivity index (χ0) is 11.5. The van der Waals surface area contributed by atoms with Gasteiger partial charge < -0.3 is 4.74 Å². The Labute approximate surface area is 87.1 Å². The molecule has 1 rings (SSSR count). The van der Waals surface area contributed by atoms with Crippen molar-refractivity contribution in [1.29, 1.82) is 0 Å². The molecule has 1 aromatic rings. The van der Waals surface area contributed by atoms with Crippen LogP contribution in [0.2, 0.25) is 0 Å². The first-order valence-corrected chi connectivity index (χ1v) is 5.40. The summed E-state index contributed by atoms with van der Waals surface area (Å²) in [5, 5.41) is 0. The number of nitrogens with two attached hydrogens (primary N) is 1. The van der Waals surface area contributed by atoms with Crippen molar-refractivity contribution in [2.75, 3.05) is 7.11 Å². The van der Waals surface area contributed by atoms with Crippen LogP contribution in [0.15, 0.2) is 29.2 Å². The Hall–Kier alpha value is -1.44. The Morgan fingerprint density at radius 1 is 1.33 bits per heavy atom. The highest BCUT2D eigenvalue weighted by Crippen LogP contribution is 2.10. The Bertz CT molecular complexity index is 452. The molecule has 7 heteroatoms. The van der Waals surface area contributed by atoms with Gasteiger partial charge in [-0.15, -0.1) is 0 Å². The molecule has 0 amide bonds. The van der Waals surface area contributed by atoms with E-state index in [0.29, 0.717) is 0 Å². The third-order valence-corrected chi connectivity index (χ3v) is 2.94. The lowest BCUT2D eigenvalue weighted by Crippen LogP contribution is -2.30. The fraction of sp³-hybridized carbons (Fsp3) is 0.125. The number of nitrogens with one attached hydrogen (secondary N) is 1. The molecular weight excluding hydrogens is 220 g/mol. The molecule has 0 unspecified atom stereocenters. The van der Waals surface area contributed by atoms with Gasteiger partial charge in [-0.1, -0.05) is 0 Å². The van der Waals surface area contributed by atoms with Crippen LogP contribution in [0.4, 0.5) is 0 Å². The van der Waals surface area contributed by atoms with Crippen molar-refractivity contribution in [2.24, 2.45) is 5.84 Å². The van der Waals surface area contributed by atoms with Gasteiger partial charge in [-0.2, -0.15) is 4.83 Å². The summed E-state index contributed by atoms with van der Waals surface area (Å²) in [6.45, 7) is 0. The van der Waals surface area contributed by atoms with Crippen LogP contribution in [-0.2, 0) is 14.8 Å². The molecule has 0 saturated heterocycles. The van der Waals surface area contributed by atoms with E-state index >= 15 is 0 Å². The summed E-state index contributed by atoms with van der Waals surface area (Å²) in [4.78, 5) is 12.7. The highest BCUT2D eigenvalue weighted by Gasteiger charge is 2.12. The third-order valence-electron chi connectivity index (χ3n) is 1.74. The summed E-state index contributed by atoms with van der Waals surface area (Å²) in [6, 6.07) is 5.22. The minimum atomic E-state index is -3.67. The standard InChI is InChI=1S/C8H10N2O4S/c1-14-8(11)6-2-4-7(5-3-6)15(12,13)10-9/h2-5,10H,9H2,1H3. The van der Waals surface area contributed by atoms with E-state index in [0.717, 1.165) is 0 Å². The topological polar surface area (TPSA) is 98.5 Å². The summed E-state index contributed by atoms with van der Waals surface area (Å²) < 4.78 is 26.9. The first-order valence-electron chi connectivity index (χ1n) is 3.92. The molecule has 82 valence electrons. The van der Waals surface area contributed by atoms with Crippen LogP contribution < -0.4 is 10.7 Å². The van der Waals surface area contributed by atoms with Gasteiger partial charge in [-0.05, 0) is 24.3 Å². The lowest BCUT2D eigenvalue weighted by Gasteiger charge is -2.03. The lowest BCUT2D eigenvalue weighted by atomic mass is 10.2. The summed E-state index contributed by atoms with van der Waals surface area (Å²) in [6.07, 6.45) is 0. The van der Waals surface area contributed by atoms with Crippen LogP contribution in [0.5, 0.6) is 0 Å². The number of hydrogen-bond donors (Lipinski definition) is 2. The van der Waals surface area contributed by atoms with Crippen molar-refractivity contribution in [3.63, 3.8) is 0 Å². The average Bonchev–Trinajstić information content (AvgIpc) is 2.28. The summed E-state index contributed by atoms with van der Waals surface area (Å²) in [7, 11) is -2.43. The molecule has 15 heavy (non-hydrogen) atoms. The van der Waals surface area contributed by atoms with E-state index in [4.69, 9.17) is 5.84 Å². The highest BCUT2D eigenvalue weighted by molar-refractivity contribution is 7.89. The molecule has 0 bridgehead atoms. The monoisotopic (exact) mass is 230 g/mol. The largest absolute Gasteiger partial charge is 0.465 e. The first-order chi connectivity index (χ1) is 7.01. The number of rotatable bonds is 3. The van der Waals surface area contributed by atoms with E-state index in [9.17, 15) is 13.2 Å². The molecule has 0 heterocycles. The number of sulfonamides is 1. The second kappa shape index (κ2) is 4.39. The van der Waals surface area contributed by atoms with E-state index in [-0.39, 0.29) is 10.5 Å². The maximum Gasteiger partial charge on any atom is 0.337 e. The Balaban J connectivity index is 3.06. The quantitative estimate of drug-likeness (QED) is 0.419. The second-order valence-corrected chi connectivity index (χ2v) is 4.35. The van der Waals surface area contributed by atoms with Crippen LogP contribution in [-0.4, -0.2) is 21.5 Å². The highest BCUT2D eigenvalue weighted by atomic mass is 32.2. The molecule has 0 aromatic heterocycles. The van der Waals surface area contributed by atoms with Crippen LogP contribution >= 0.6 is 0 Å². The molecule has 0 aliphatic heterocycles. The van der Waals surface area contributed by atoms with Gasteiger partial charge in [0.25, 0.3) is 10.0 Å². The molecule has 6 nitrogen and oxygen atoms in total. The smallest absolute Gasteiger partial charge is 0.337 e. The first kappa shape index (κ1) is 11.6. The molecule has 0 radical (unpaired) electrons. The van der Waals surface area contributed by atoms with Gasteiger partial charge in [0.2, 0.25) is 0 Å². The minimum Gasteiger partial charge on any atom is -0.465 e. The van der Waals surface area contributed by atoms with Gasteiger partial charge in [0.1, 0.15) is 0 Å². The molecule has 0 spiro atoms. The van der Waals surface area contributed by atoms with Crippen LogP contribution in [0.25, 0.3) is 0 Å². The number of methoxy groups -OCH3 is 1. The number of carbonyl (C=O) groups is 1. The van der Waals surface area contributed by atoms with Gasteiger partial charge in [0.15, 0.2) is 0 Å². The lowest BCUT2D eigenvalue weighted by molar-refractivity contribution is 0.0600. The fourth-order valence-electron chi connectivity index (χ4n) is 0.956. The number of hydrogen-bond acceptors (Lipinski definition) is 5. The maximum atomic E-state index is 11.2. The summed E-state index contributed by atoms with van der Waals surface area (Å²) >= 11 is 0. The Morgan fingerprint density at radius 2 is 1.87 bits per heavy atom. The number of carbonyl (C=O) groups excluding carboxylic acids is 1. The maximum absolute atomic E-state index is 11.2. The van der Waals surface area contributed by atoms with Crippen molar-refractivity contribution in [1.82, 2.24) is 4.83 Å². The van der Waals surface area contributed by atoms with Crippen LogP contribution in [0.1, 0.15) is 10.4 Å². The second-order valence-electron chi connectivity index (χ2n) is 2.64. The Morgan fingerprint density at radius 3 is 2.27 bits per heavy atom. The van der Waals surface area contributed by atoms with E-state index in [1.165, 1.54) is 31.4 Å². The van der Waals surface area contributed by atoms with Crippen molar-refractivity contribution in [2.45, 2.75) is 4.90 Å². The summed E-state index contributed by atoms with van der Waals surface area (Å²) in [5.74, 6) is 4.30. The van der Waals surface area contributed by atoms with Gasteiger partial charge in [-0.25, -0.2) is 13.2 Å². The zero-order valence-corrected chi connectivity index (χ0v) is 8.74. The van der Waals surface area contributed by atoms with E-state index in [2.05, 4.69) is 4.74 Å². The van der Waals surface area contributed by atoms with Crippen molar-refractivity contribution in [3.05, 3.63) is 29.8 Å². The number of esters is 1. The van der Waals surface area contributed by atoms with Crippen LogP contribution in [0, 0.1) is 0 Å². The SMILES string of the molecule is COC(=O)c1ccc(S(=O)(=O)NN)cc1. The summed E-state index contributed by atoms with van der Waals surface area (Å²) in [5.41, 5.74) is 0.272. The minimum absolute atomic E-state index is 0.0161. The molecule has 1 aromatic carbocycles. The predicted molar refractivity (Wildman–Crippen MR) is 52.3 cm³/mol. The predicted octanol–water partition coefficient (Wildman–Crippen LogP) is -0.375. The molecular formula is C8H10N2O4S. The van der Waals surface area contributed by atoms with Gasteiger partial charge >= 0.3 is 5.97 Å².